The zero-order valence-electron chi connectivity index (χ0n) is 14.1. The Morgan fingerprint density at radius 3 is 2.38 bits per heavy atom. The van der Waals surface area contributed by atoms with Gasteiger partial charge in [0.25, 0.3) is 0 Å². The van der Waals surface area contributed by atoms with Gasteiger partial charge in [0.05, 0.1) is 17.5 Å². The average Bonchev–Trinajstić information content (AvgIpc) is 3.07. The van der Waals surface area contributed by atoms with Crippen molar-refractivity contribution >= 4 is 10.0 Å². The van der Waals surface area contributed by atoms with Crippen molar-refractivity contribution in [2.75, 3.05) is 13.2 Å². The predicted molar refractivity (Wildman–Crippen MR) is 94.7 cm³/mol. The largest absolute Gasteiger partial charge is 0.494 e. The van der Waals surface area contributed by atoms with Gasteiger partial charge in [0.1, 0.15) is 5.75 Å². The Morgan fingerprint density at radius 2 is 1.75 bits per heavy atom. The van der Waals surface area contributed by atoms with Crippen molar-refractivity contribution in [1.82, 2.24) is 4.31 Å². The first-order chi connectivity index (χ1) is 11.5. The molecule has 1 atom stereocenters. The van der Waals surface area contributed by atoms with Crippen molar-refractivity contribution in [3.05, 3.63) is 59.7 Å². The molecule has 3 rings (SSSR count). The van der Waals surface area contributed by atoms with E-state index in [1.54, 1.807) is 28.6 Å². The van der Waals surface area contributed by atoms with E-state index in [4.69, 9.17) is 4.74 Å². The van der Waals surface area contributed by atoms with Crippen molar-refractivity contribution in [3.8, 4) is 5.75 Å². The molecule has 0 aliphatic carbocycles. The highest BCUT2D eigenvalue weighted by Gasteiger charge is 2.36. The lowest BCUT2D eigenvalue weighted by Crippen LogP contribution is -2.30. The normalized spacial score (nSPS) is 18.7. The molecule has 1 heterocycles. The SMILES string of the molecule is CCOc1ccc(S(=O)(=O)N2CCC[C@@H]2c2ccc(C)cc2)cc1. The number of hydrogen-bond acceptors (Lipinski definition) is 3. The van der Waals surface area contributed by atoms with Crippen LogP contribution in [0.3, 0.4) is 0 Å². The number of sulfonamides is 1. The topological polar surface area (TPSA) is 46.6 Å². The average molecular weight is 345 g/mol. The van der Waals surface area contributed by atoms with Crippen molar-refractivity contribution < 1.29 is 13.2 Å². The summed E-state index contributed by atoms with van der Waals surface area (Å²) in [6.45, 7) is 5.07. The smallest absolute Gasteiger partial charge is 0.243 e. The van der Waals surface area contributed by atoms with Crippen LogP contribution in [0.2, 0.25) is 0 Å². The number of hydrogen-bond donors (Lipinski definition) is 0. The van der Waals surface area contributed by atoms with Crippen molar-refractivity contribution in [1.29, 1.82) is 0 Å². The highest BCUT2D eigenvalue weighted by atomic mass is 32.2. The molecule has 5 heteroatoms. The van der Waals surface area contributed by atoms with Gasteiger partial charge >= 0.3 is 0 Å². The van der Waals surface area contributed by atoms with Crippen LogP contribution < -0.4 is 4.74 Å². The fourth-order valence-electron chi connectivity index (χ4n) is 3.16. The Morgan fingerprint density at radius 1 is 1.08 bits per heavy atom. The van der Waals surface area contributed by atoms with E-state index in [2.05, 4.69) is 0 Å². The van der Waals surface area contributed by atoms with Crippen LogP contribution >= 0.6 is 0 Å². The van der Waals surface area contributed by atoms with Crippen LogP contribution in [0.5, 0.6) is 5.75 Å². The summed E-state index contributed by atoms with van der Waals surface area (Å²) in [4.78, 5) is 0.324. The molecule has 1 aliphatic rings. The van der Waals surface area contributed by atoms with E-state index in [0.29, 0.717) is 23.8 Å². The van der Waals surface area contributed by atoms with Gasteiger partial charge in [0.2, 0.25) is 10.0 Å². The van der Waals surface area contributed by atoms with Gasteiger partial charge in [-0.1, -0.05) is 29.8 Å². The highest BCUT2D eigenvalue weighted by molar-refractivity contribution is 7.89. The summed E-state index contributed by atoms with van der Waals surface area (Å²) in [7, 11) is -3.50. The predicted octanol–water partition coefficient (Wildman–Crippen LogP) is 3.92. The third-order valence-corrected chi connectivity index (χ3v) is 6.33. The molecule has 24 heavy (non-hydrogen) atoms. The van der Waals surface area contributed by atoms with Crippen LogP contribution in [0.25, 0.3) is 0 Å². The maximum Gasteiger partial charge on any atom is 0.243 e. The molecule has 0 bridgehead atoms. The molecule has 0 amide bonds. The molecule has 2 aromatic rings. The zero-order valence-corrected chi connectivity index (χ0v) is 14.9. The summed E-state index contributed by atoms with van der Waals surface area (Å²) in [6, 6.07) is 14.8. The lowest BCUT2D eigenvalue weighted by molar-refractivity contribution is 0.340. The molecule has 0 unspecified atom stereocenters. The molecule has 0 N–H and O–H groups in total. The van der Waals surface area contributed by atoms with Gasteiger partial charge in [-0.05, 0) is 56.5 Å². The zero-order chi connectivity index (χ0) is 17.2. The number of ether oxygens (including phenoxy) is 1. The summed E-state index contributed by atoms with van der Waals surface area (Å²) < 4.78 is 33.1. The van der Waals surface area contributed by atoms with Crippen molar-refractivity contribution in [2.24, 2.45) is 0 Å². The summed E-state index contributed by atoms with van der Waals surface area (Å²) in [6.07, 6.45) is 1.74. The highest BCUT2D eigenvalue weighted by Crippen LogP contribution is 2.36. The minimum Gasteiger partial charge on any atom is -0.494 e. The van der Waals surface area contributed by atoms with Crippen molar-refractivity contribution in [2.45, 2.75) is 37.6 Å². The number of aryl methyl sites for hydroxylation is 1. The summed E-state index contributed by atoms with van der Waals surface area (Å²) >= 11 is 0. The first-order valence-electron chi connectivity index (χ1n) is 8.33. The minimum atomic E-state index is -3.50. The molecule has 2 aromatic carbocycles. The molecule has 128 valence electrons. The molecule has 0 saturated carbocycles. The molecular weight excluding hydrogens is 322 g/mol. The van der Waals surface area contributed by atoms with Crippen LogP contribution in [-0.2, 0) is 10.0 Å². The summed E-state index contributed by atoms with van der Waals surface area (Å²) in [5.74, 6) is 0.688. The monoisotopic (exact) mass is 345 g/mol. The molecule has 0 spiro atoms. The first-order valence-corrected chi connectivity index (χ1v) is 9.77. The van der Waals surface area contributed by atoms with Gasteiger partial charge in [-0.15, -0.1) is 0 Å². The quantitative estimate of drug-likeness (QED) is 0.825. The third kappa shape index (κ3) is 3.32. The second-order valence-electron chi connectivity index (χ2n) is 6.09. The van der Waals surface area contributed by atoms with Crippen LogP contribution in [0, 0.1) is 6.92 Å². The Balaban J connectivity index is 1.88. The van der Waals surface area contributed by atoms with Crippen LogP contribution in [0.15, 0.2) is 53.4 Å². The molecular formula is C19H23NO3S. The Bertz CT molecular complexity index is 782. The maximum atomic E-state index is 13.0. The van der Waals surface area contributed by atoms with E-state index in [1.165, 1.54) is 5.56 Å². The van der Waals surface area contributed by atoms with E-state index >= 15 is 0 Å². The van der Waals surface area contributed by atoms with Gasteiger partial charge in [-0.3, -0.25) is 0 Å². The van der Waals surface area contributed by atoms with Crippen LogP contribution in [0.1, 0.15) is 36.9 Å². The first kappa shape index (κ1) is 17.0. The number of benzene rings is 2. The van der Waals surface area contributed by atoms with Gasteiger partial charge in [-0.2, -0.15) is 4.31 Å². The molecule has 1 saturated heterocycles. The van der Waals surface area contributed by atoms with Gasteiger partial charge < -0.3 is 4.74 Å². The Hall–Kier alpha value is -1.85. The molecule has 4 nitrogen and oxygen atoms in total. The molecule has 1 aliphatic heterocycles. The van der Waals surface area contributed by atoms with E-state index in [9.17, 15) is 8.42 Å². The minimum absolute atomic E-state index is 0.0813. The maximum absolute atomic E-state index is 13.0. The fourth-order valence-corrected chi connectivity index (χ4v) is 4.84. The number of nitrogens with zero attached hydrogens (tertiary/aromatic N) is 1. The van der Waals surface area contributed by atoms with E-state index < -0.39 is 10.0 Å². The van der Waals surface area contributed by atoms with Crippen LogP contribution in [-0.4, -0.2) is 25.9 Å². The third-order valence-electron chi connectivity index (χ3n) is 4.41. The molecule has 0 aromatic heterocycles. The standard InChI is InChI=1S/C19H23NO3S/c1-3-23-17-10-12-18(13-11-17)24(21,22)20-14-4-5-19(20)16-8-6-15(2)7-9-16/h6-13,19H,3-5,14H2,1-2H3/t19-/m1/s1. The van der Waals surface area contributed by atoms with E-state index in [1.807, 2.05) is 38.1 Å². The van der Waals surface area contributed by atoms with Crippen LogP contribution in [0.4, 0.5) is 0 Å². The van der Waals surface area contributed by atoms with Gasteiger partial charge in [0.15, 0.2) is 0 Å². The Kier molecular flexibility index (Phi) is 4.92. The molecule has 0 radical (unpaired) electrons. The van der Waals surface area contributed by atoms with Gasteiger partial charge in [0, 0.05) is 6.54 Å². The summed E-state index contributed by atoms with van der Waals surface area (Å²) in [5, 5.41) is 0. The fraction of sp³-hybridized carbons (Fsp3) is 0.368. The van der Waals surface area contributed by atoms with Crippen molar-refractivity contribution in [3.63, 3.8) is 0 Å². The second kappa shape index (κ2) is 6.95. The van der Waals surface area contributed by atoms with E-state index in [0.717, 1.165) is 18.4 Å². The number of rotatable bonds is 5. The van der Waals surface area contributed by atoms with E-state index in [-0.39, 0.29) is 6.04 Å². The Labute approximate surface area is 144 Å². The van der Waals surface area contributed by atoms with Gasteiger partial charge in [-0.25, -0.2) is 8.42 Å². The second-order valence-corrected chi connectivity index (χ2v) is 7.98. The summed E-state index contributed by atoms with van der Waals surface area (Å²) in [5.41, 5.74) is 2.24. The molecule has 1 fully saturated rings. The lowest BCUT2D eigenvalue weighted by Gasteiger charge is -2.24. The lowest BCUT2D eigenvalue weighted by atomic mass is 10.0.